The van der Waals surface area contributed by atoms with E-state index < -0.39 is 26.0 Å². The number of nitrogens with one attached hydrogen (secondary N) is 2. The highest BCUT2D eigenvalue weighted by Crippen LogP contribution is 2.22. The monoisotopic (exact) mass is 545 g/mol. The fraction of sp³-hybridized carbons (Fsp3) is 0.292. The molecule has 0 saturated carbocycles. The van der Waals surface area contributed by atoms with Crippen molar-refractivity contribution in [2.24, 2.45) is 0 Å². The molecule has 1 aliphatic rings. The summed E-state index contributed by atoms with van der Waals surface area (Å²) in [6.07, 6.45) is 1.03. The Kier molecular flexibility index (Phi) is 7.59. The average molecular weight is 546 g/mol. The van der Waals surface area contributed by atoms with E-state index in [0.29, 0.717) is 11.4 Å². The number of aromatic nitrogens is 2. The Morgan fingerprint density at radius 2 is 1.51 bits per heavy atom. The van der Waals surface area contributed by atoms with Crippen LogP contribution in [0.15, 0.2) is 70.6 Å². The van der Waals surface area contributed by atoms with E-state index in [1.165, 1.54) is 59.0 Å². The summed E-state index contributed by atoms with van der Waals surface area (Å²) < 4.78 is 60.5. The van der Waals surface area contributed by atoms with Crippen LogP contribution in [0.25, 0.3) is 0 Å². The maximum absolute atomic E-state index is 13.0. The Morgan fingerprint density at radius 1 is 0.919 bits per heavy atom. The molecule has 1 aromatic heterocycles. The summed E-state index contributed by atoms with van der Waals surface area (Å²) in [7, 11) is -7.64. The van der Waals surface area contributed by atoms with Crippen LogP contribution >= 0.6 is 0 Å². The number of benzene rings is 2. The zero-order valence-electron chi connectivity index (χ0n) is 20.5. The van der Waals surface area contributed by atoms with Gasteiger partial charge in [0.15, 0.2) is 0 Å². The predicted octanol–water partition coefficient (Wildman–Crippen LogP) is 2.64. The van der Waals surface area contributed by atoms with Crippen LogP contribution in [0.5, 0.6) is 0 Å². The van der Waals surface area contributed by atoms with Gasteiger partial charge < -0.3 is 10.1 Å². The molecular weight excluding hydrogens is 518 g/mol. The van der Waals surface area contributed by atoms with E-state index in [1.54, 1.807) is 13.0 Å². The molecule has 196 valence electrons. The van der Waals surface area contributed by atoms with Crippen molar-refractivity contribution in [2.45, 2.75) is 42.8 Å². The normalized spacial score (nSPS) is 18.8. The lowest BCUT2D eigenvalue weighted by atomic mass is 10.2. The highest BCUT2D eigenvalue weighted by atomic mass is 32.2. The van der Waals surface area contributed by atoms with Gasteiger partial charge >= 0.3 is 0 Å². The molecule has 0 radical (unpaired) electrons. The van der Waals surface area contributed by atoms with Gasteiger partial charge in [-0.3, -0.25) is 4.79 Å². The minimum absolute atomic E-state index is 0.0306. The Balaban J connectivity index is 1.42. The van der Waals surface area contributed by atoms with Crippen molar-refractivity contribution in [3.63, 3.8) is 0 Å². The molecule has 13 heteroatoms. The first-order valence-electron chi connectivity index (χ1n) is 11.4. The SMILES string of the molecule is Cc1ccnc(NS(=O)(=O)c2ccc(NC(=O)c3ccc(S(=O)(=O)N4C[C@@H](C)O[C@@H](C)C4)cc3)cc2)n1. The fourth-order valence-electron chi connectivity index (χ4n) is 3.85. The number of anilines is 2. The quantitative estimate of drug-likeness (QED) is 0.460. The second-order valence-electron chi connectivity index (χ2n) is 8.71. The number of hydrogen-bond donors (Lipinski definition) is 2. The van der Waals surface area contributed by atoms with Crippen LogP contribution in [0.4, 0.5) is 11.6 Å². The summed E-state index contributed by atoms with van der Waals surface area (Å²) >= 11 is 0. The molecule has 2 N–H and O–H groups in total. The van der Waals surface area contributed by atoms with Gasteiger partial charge in [0, 0.05) is 36.2 Å². The molecule has 3 aromatic rings. The Hall–Kier alpha value is -3.39. The predicted molar refractivity (Wildman–Crippen MR) is 137 cm³/mol. The summed E-state index contributed by atoms with van der Waals surface area (Å²) in [5.74, 6) is -0.514. The molecule has 0 aliphatic carbocycles. The maximum Gasteiger partial charge on any atom is 0.264 e. The number of aryl methyl sites for hydroxylation is 1. The van der Waals surface area contributed by atoms with Crippen LogP contribution in [-0.4, -0.2) is 62.3 Å². The number of amides is 1. The third-order valence-corrected chi connectivity index (χ3v) is 8.77. The minimum Gasteiger partial charge on any atom is -0.373 e. The van der Waals surface area contributed by atoms with Gasteiger partial charge in [0.1, 0.15) is 0 Å². The third kappa shape index (κ3) is 6.31. The van der Waals surface area contributed by atoms with E-state index in [9.17, 15) is 21.6 Å². The average Bonchev–Trinajstić information content (AvgIpc) is 2.83. The van der Waals surface area contributed by atoms with Gasteiger partial charge in [0.05, 0.1) is 22.0 Å². The molecule has 1 amide bonds. The molecule has 11 nitrogen and oxygen atoms in total. The number of morpholine rings is 1. The summed E-state index contributed by atoms with van der Waals surface area (Å²) in [6.45, 7) is 5.88. The number of rotatable bonds is 7. The lowest BCUT2D eigenvalue weighted by molar-refractivity contribution is -0.0440. The van der Waals surface area contributed by atoms with Crippen LogP contribution < -0.4 is 10.0 Å². The van der Waals surface area contributed by atoms with E-state index in [0.717, 1.165) is 0 Å². The first kappa shape index (κ1) is 26.7. The molecule has 1 fully saturated rings. The van der Waals surface area contributed by atoms with Gasteiger partial charge in [0.25, 0.3) is 15.9 Å². The first-order chi connectivity index (χ1) is 17.4. The maximum atomic E-state index is 13.0. The Labute approximate surface area is 216 Å². The zero-order chi connectivity index (χ0) is 26.8. The van der Waals surface area contributed by atoms with Crippen LogP contribution in [0.1, 0.15) is 29.9 Å². The first-order valence-corrected chi connectivity index (χ1v) is 14.4. The lowest BCUT2D eigenvalue weighted by Crippen LogP contribution is -2.48. The standard InChI is InChI=1S/C24H27N5O6S2/c1-16-12-13-25-24(26-16)28-36(31,32)21-10-6-20(7-11-21)27-23(30)19-4-8-22(9-5-19)37(33,34)29-14-17(2)35-18(3)15-29/h4-13,17-18H,14-15H2,1-3H3,(H,27,30)(H,25,26,28)/t17-,18+. The fourth-order valence-corrected chi connectivity index (χ4v) is 6.39. The largest absolute Gasteiger partial charge is 0.373 e. The Morgan fingerprint density at radius 3 is 2.11 bits per heavy atom. The Bertz CT molecular complexity index is 1480. The number of sulfonamides is 2. The van der Waals surface area contributed by atoms with Crippen molar-refractivity contribution in [1.82, 2.24) is 14.3 Å². The van der Waals surface area contributed by atoms with Crippen LogP contribution in [0.2, 0.25) is 0 Å². The molecule has 2 aromatic carbocycles. The number of hydrogen-bond acceptors (Lipinski definition) is 8. The van der Waals surface area contributed by atoms with Crippen molar-refractivity contribution in [3.05, 3.63) is 72.1 Å². The van der Waals surface area contributed by atoms with E-state index in [2.05, 4.69) is 20.0 Å². The number of nitrogens with zero attached hydrogens (tertiary/aromatic N) is 3. The highest BCUT2D eigenvalue weighted by molar-refractivity contribution is 7.92. The van der Waals surface area contributed by atoms with E-state index in [-0.39, 0.29) is 46.6 Å². The van der Waals surface area contributed by atoms with Gasteiger partial charge in [0.2, 0.25) is 16.0 Å². The van der Waals surface area contributed by atoms with Crippen molar-refractivity contribution < 1.29 is 26.4 Å². The van der Waals surface area contributed by atoms with E-state index in [1.807, 2.05) is 13.8 Å². The van der Waals surface area contributed by atoms with Gasteiger partial charge in [-0.05, 0) is 75.4 Å². The molecule has 4 rings (SSSR count). The van der Waals surface area contributed by atoms with Crippen molar-refractivity contribution >= 4 is 37.6 Å². The highest BCUT2D eigenvalue weighted by Gasteiger charge is 2.32. The summed E-state index contributed by atoms with van der Waals surface area (Å²) in [5, 5.41) is 2.67. The summed E-state index contributed by atoms with van der Waals surface area (Å²) in [5.41, 5.74) is 1.23. The molecule has 1 aliphatic heterocycles. The second-order valence-corrected chi connectivity index (χ2v) is 12.3. The molecule has 2 atom stereocenters. The van der Waals surface area contributed by atoms with Crippen LogP contribution in [0, 0.1) is 6.92 Å². The topological polar surface area (TPSA) is 148 Å². The number of carbonyl (C=O) groups is 1. The number of ether oxygens (including phenoxy) is 1. The van der Waals surface area contributed by atoms with Gasteiger partial charge in [-0.25, -0.2) is 31.5 Å². The molecule has 37 heavy (non-hydrogen) atoms. The summed E-state index contributed by atoms with van der Waals surface area (Å²) in [4.78, 5) is 20.7. The minimum atomic E-state index is -3.92. The van der Waals surface area contributed by atoms with Gasteiger partial charge in [-0.2, -0.15) is 4.31 Å². The van der Waals surface area contributed by atoms with Crippen molar-refractivity contribution in [3.8, 4) is 0 Å². The molecule has 0 bridgehead atoms. The molecule has 0 spiro atoms. The van der Waals surface area contributed by atoms with Crippen molar-refractivity contribution in [1.29, 1.82) is 0 Å². The molecular formula is C24H27N5O6S2. The molecule has 2 heterocycles. The van der Waals surface area contributed by atoms with E-state index >= 15 is 0 Å². The zero-order valence-corrected chi connectivity index (χ0v) is 22.1. The summed E-state index contributed by atoms with van der Waals surface area (Å²) in [6, 6.07) is 12.9. The van der Waals surface area contributed by atoms with Crippen LogP contribution in [-0.2, 0) is 24.8 Å². The van der Waals surface area contributed by atoms with E-state index in [4.69, 9.17) is 4.74 Å². The molecule has 1 saturated heterocycles. The van der Waals surface area contributed by atoms with Gasteiger partial charge in [-0.15, -0.1) is 0 Å². The number of carbonyl (C=O) groups excluding carboxylic acids is 1. The van der Waals surface area contributed by atoms with Crippen molar-refractivity contribution in [2.75, 3.05) is 23.1 Å². The van der Waals surface area contributed by atoms with Gasteiger partial charge in [-0.1, -0.05) is 0 Å². The molecule has 0 unspecified atom stereocenters. The second kappa shape index (κ2) is 10.5. The smallest absolute Gasteiger partial charge is 0.264 e. The van der Waals surface area contributed by atoms with Crippen LogP contribution in [0.3, 0.4) is 0 Å². The third-order valence-electron chi connectivity index (χ3n) is 5.58. The lowest BCUT2D eigenvalue weighted by Gasteiger charge is -2.34.